The van der Waals surface area contributed by atoms with Crippen LogP contribution in [0.25, 0.3) is 0 Å². The van der Waals surface area contributed by atoms with Gasteiger partial charge in [-0.1, -0.05) is 12.1 Å². The Kier molecular flexibility index (Phi) is 6.52. The molecule has 1 atom stereocenters. The van der Waals surface area contributed by atoms with Gasteiger partial charge in [0.2, 0.25) is 0 Å². The summed E-state index contributed by atoms with van der Waals surface area (Å²) in [7, 11) is 0. The molecule has 0 aliphatic carbocycles. The monoisotopic (exact) mass is 458 g/mol. The van der Waals surface area contributed by atoms with E-state index in [1.165, 1.54) is 11.1 Å². The Bertz CT molecular complexity index is 1190. The molecule has 34 heavy (non-hydrogen) atoms. The molecule has 4 rings (SSSR count). The highest BCUT2D eigenvalue weighted by atomic mass is 16.1. The first-order chi connectivity index (χ1) is 16.2. The number of hydrogen-bond donors (Lipinski definition) is 5. The number of carbonyl (C=O) groups is 1. The largest absolute Gasteiger partial charge is 0.350 e. The highest BCUT2D eigenvalue weighted by molar-refractivity contribution is 6.13. The Balaban J connectivity index is 1.58. The molecule has 0 bridgehead atoms. The number of amides is 1. The second kappa shape index (κ2) is 9.53. The maximum Gasteiger partial charge on any atom is 0.256 e. The van der Waals surface area contributed by atoms with Crippen LogP contribution < -0.4 is 26.6 Å². The number of nitrogens with zero attached hydrogens (tertiary/aromatic N) is 3. The third-order valence-corrected chi connectivity index (χ3v) is 5.63. The number of rotatable bonds is 7. The maximum atomic E-state index is 12.8. The van der Waals surface area contributed by atoms with E-state index in [4.69, 9.17) is 0 Å². The summed E-state index contributed by atoms with van der Waals surface area (Å²) in [6.07, 6.45) is 1.08. The normalized spacial score (nSPS) is 17.1. The summed E-state index contributed by atoms with van der Waals surface area (Å²) >= 11 is 0. The van der Waals surface area contributed by atoms with Crippen LogP contribution in [0.5, 0.6) is 0 Å². The van der Waals surface area contributed by atoms with Crippen molar-refractivity contribution in [2.75, 3.05) is 10.6 Å². The van der Waals surface area contributed by atoms with Crippen LogP contribution in [0.1, 0.15) is 44.5 Å². The van der Waals surface area contributed by atoms with E-state index < -0.39 is 11.7 Å². The lowest BCUT2D eigenvalue weighted by Gasteiger charge is -2.27. The van der Waals surface area contributed by atoms with Crippen LogP contribution in [-0.4, -0.2) is 29.4 Å². The maximum absolute atomic E-state index is 12.8. The van der Waals surface area contributed by atoms with Gasteiger partial charge in [-0.3, -0.25) is 4.79 Å². The highest BCUT2D eigenvalue weighted by Crippen LogP contribution is 2.23. The molecular weight excluding hydrogens is 428 g/mol. The van der Waals surface area contributed by atoms with Crippen LogP contribution >= 0.6 is 0 Å². The molecule has 0 fully saturated rings. The molecule has 2 aromatic rings. The van der Waals surface area contributed by atoms with Crippen molar-refractivity contribution in [3.8, 4) is 6.07 Å². The van der Waals surface area contributed by atoms with Gasteiger partial charge in [0.15, 0.2) is 6.29 Å². The van der Waals surface area contributed by atoms with Gasteiger partial charge in [0.05, 0.1) is 22.8 Å². The summed E-state index contributed by atoms with van der Waals surface area (Å²) in [6.45, 7) is 9.17. The number of hydrogen-bond acceptors (Lipinski definition) is 8. The molecule has 0 radical (unpaired) electrons. The fourth-order valence-corrected chi connectivity index (χ4v) is 3.73. The second-order valence-corrected chi connectivity index (χ2v) is 9.24. The average Bonchev–Trinajstić information content (AvgIpc) is 3.27. The molecule has 3 heterocycles. The van der Waals surface area contributed by atoms with Crippen molar-refractivity contribution >= 4 is 23.6 Å². The summed E-state index contributed by atoms with van der Waals surface area (Å²) in [4.78, 5) is 21.9. The third kappa shape index (κ3) is 5.18. The molecule has 1 aromatic heterocycles. The number of aromatic nitrogens is 1. The van der Waals surface area contributed by atoms with Crippen molar-refractivity contribution in [2.45, 2.75) is 58.5 Å². The Labute approximate surface area is 199 Å². The molecule has 5 N–H and O–H groups in total. The molecule has 0 saturated heterocycles. The summed E-state index contributed by atoms with van der Waals surface area (Å²) in [6, 6.07) is 13.9. The Hall–Kier alpha value is -3.90. The quantitative estimate of drug-likeness (QED) is 0.432. The van der Waals surface area contributed by atoms with Crippen molar-refractivity contribution in [2.24, 2.45) is 4.99 Å². The standard InChI is InChI=1S/C25H30N8O/c1-15(2)29-23(34)19-13-28-24(30-18-9-8-16-11-27-12-17(16)10-18)33-22(19)32-21-7-5-6-20(31-21)25(3,4)14-26/h5-10,13,15,24,27,30,33H,11-12H2,1-4H3,(H,29,34)(H,31,32). The van der Waals surface area contributed by atoms with Crippen LogP contribution in [0.2, 0.25) is 0 Å². The first kappa shape index (κ1) is 23.3. The number of pyridine rings is 1. The molecule has 9 heteroatoms. The predicted molar refractivity (Wildman–Crippen MR) is 133 cm³/mol. The number of nitriles is 1. The van der Waals surface area contributed by atoms with E-state index in [1.807, 2.05) is 45.9 Å². The minimum atomic E-state index is -0.738. The molecule has 176 valence electrons. The topological polar surface area (TPSA) is 126 Å². The fourth-order valence-electron chi connectivity index (χ4n) is 3.73. The molecule has 1 unspecified atom stereocenters. The van der Waals surface area contributed by atoms with Crippen molar-refractivity contribution in [1.29, 1.82) is 5.26 Å². The first-order valence-corrected chi connectivity index (χ1v) is 11.3. The van der Waals surface area contributed by atoms with Crippen LogP contribution in [0, 0.1) is 11.3 Å². The lowest BCUT2D eigenvalue weighted by molar-refractivity contribution is -0.117. The van der Waals surface area contributed by atoms with Gasteiger partial charge in [-0.05, 0) is 63.1 Å². The Morgan fingerprint density at radius 1 is 1.21 bits per heavy atom. The van der Waals surface area contributed by atoms with Crippen molar-refractivity contribution in [1.82, 2.24) is 20.9 Å². The van der Waals surface area contributed by atoms with E-state index in [9.17, 15) is 10.1 Å². The minimum absolute atomic E-state index is 0.0246. The number of aliphatic imine (C=N–C) groups is 1. The van der Waals surface area contributed by atoms with Gasteiger partial charge in [0.1, 0.15) is 11.6 Å². The number of fused-ring (bicyclic) bond motifs is 1. The molecule has 1 aromatic carbocycles. The summed E-state index contributed by atoms with van der Waals surface area (Å²) in [5.74, 6) is 0.757. The predicted octanol–water partition coefficient (Wildman–Crippen LogP) is 2.70. The zero-order chi connectivity index (χ0) is 24.3. The minimum Gasteiger partial charge on any atom is -0.350 e. The van der Waals surface area contributed by atoms with E-state index in [2.05, 4.69) is 54.8 Å². The molecule has 0 spiro atoms. The summed E-state index contributed by atoms with van der Waals surface area (Å²) in [5.41, 5.74) is 3.76. The molecule has 0 saturated carbocycles. The van der Waals surface area contributed by atoms with Gasteiger partial charge in [0.25, 0.3) is 5.91 Å². The fraction of sp³-hybridized carbons (Fsp3) is 0.360. The zero-order valence-electron chi connectivity index (χ0n) is 19.9. The zero-order valence-corrected chi connectivity index (χ0v) is 19.9. The van der Waals surface area contributed by atoms with Gasteiger partial charge in [-0.15, -0.1) is 0 Å². The lowest BCUT2D eigenvalue weighted by Crippen LogP contribution is -2.43. The smallest absolute Gasteiger partial charge is 0.256 e. The molecule has 2 aliphatic heterocycles. The van der Waals surface area contributed by atoms with E-state index >= 15 is 0 Å². The van der Waals surface area contributed by atoms with E-state index in [-0.39, 0.29) is 11.9 Å². The molecule has 9 nitrogen and oxygen atoms in total. The van der Waals surface area contributed by atoms with Crippen LogP contribution in [0.15, 0.2) is 52.8 Å². The summed E-state index contributed by atoms with van der Waals surface area (Å²) in [5, 5.41) is 25.6. The lowest BCUT2D eigenvalue weighted by atomic mass is 9.91. The first-order valence-electron chi connectivity index (χ1n) is 11.3. The van der Waals surface area contributed by atoms with Crippen LogP contribution in [0.4, 0.5) is 11.5 Å². The molecule has 1 amide bonds. The van der Waals surface area contributed by atoms with Gasteiger partial charge in [-0.25, -0.2) is 9.98 Å². The van der Waals surface area contributed by atoms with Crippen LogP contribution in [0.3, 0.4) is 0 Å². The van der Waals surface area contributed by atoms with Crippen molar-refractivity contribution in [3.05, 3.63) is 64.6 Å². The second-order valence-electron chi connectivity index (χ2n) is 9.24. The van der Waals surface area contributed by atoms with Gasteiger partial charge >= 0.3 is 0 Å². The van der Waals surface area contributed by atoms with Gasteiger partial charge in [0, 0.05) is 31.0 Å². The number of carbonyl (C=O) groups excluding carboxylic acids is 1. The molecular formula is C25H30N8O. The number of nitrogens with one attached hydrogen (secondary N) is 5. The van der Waals surface area contributed by atoms with Crippen molar-refractivity contribution < 1.29 is 4.79 Å². The van der Waals surface area contributed by atoms with Crippen LogP contribution in [-0.2, 0) is 23.3 Å². The Morgan fingerprint density at radius 3 is 2.76 bits per heavy atom. The highest BCUT2D eigenvalue weighted by Gasteiger charge is 2.25. The van der Waals surface area contributed by atoms with Gasteiger partial charge in [-0.2, -0.15) is 5.26 Å². The third-order valence-electron chi connectivity index (χ3n) is 5.63. The number of anilines is 2. The number of benzene rings is 1. The van der Waals surface area contributed by atoms with Crippen molar-refractivity contribution in [3.63, 3.8) is 0 Å². The molecule has 2 aliphatic rings. The summed E-state index contributed by atoms with van der Waals surface area (Å²) < 4.78 is 0. The SMILES string of the molecule is CC(C)NC(=O)C1=C(Nc2cccc(C(C)(C)C#N)n2)NC(Nc2ccc3c(c2)CNC3)N=C1. The van der Waals surface area contributed by atoms with E-state index in [0.717, 1.165) is 18.8 Å². The van der Waals surface area contributed by atoms with E-state index in [1.54, 1.807) is 12.3 Å². The Morgan fingerprint density at radius 2 is 2.00 bits per heavy atom. The van der Waals surface area contributed by atoms with Gasteiger partial charge < -0.3 is 26.6 Å². The van der Waals surface area contributed by atoms with E-state index in [0.29, 0.717) is 22.9 Å². The average molecular weight is 459 g/mol.